The zero-order chi connectivity index (χ0) is 17.9. The summed E-state index contributed by atoms with van der Waals surface area (Å²) in [5.74, 6) is 0. The molecule has 0 aliphatic carbocycles. The minimum atomic E-state index is -3.15. The number of nitrogens with one attached hydrogen (secondary N) is 1. The van der Waals surface area contributed by atoms with Gasteiger partial charge in [-0.15, -0.1) is 0 Å². The highest BCUT2D eigenvalue weighted by molar-refractivity contribution is 7.90. The van der Waals surface area contributed by atoms with E-state index in [0.717, 1.165) is 12.1 Å². The van der Waals surface area contributed by atoms with Gasteiger partial charge in [0, 0.05) is 38.6 Å². The molecule has 2 rings (SSSR count). The first-order valence-electron chi connectivity index (χ1n) is 7.98. The third kappa shape index (κ3) is 4.58. The first kappa shape index (κ1) is 18.5. The maximum Gasteiger partial charge on any atom is 0.175 e. The predicted molar refractivity (Wildman–Crippen MR) is 100 cm³/mol. The first-order valence-corrected chi connectivity index (χ1v) is 9.88. The Morgan fingerprint density at radius 2 is 1.71 bits per heavy atom. The van der Waals surface area contributed by atoms with Crippen LogP contribution in [0, 0.1) is 6.92 Å². The molecule has 2 aromatic rings. The lowest BCUT2D eigenvalue weighted by Crippen LogP contribution is -2.20. The van der Waals surface area contributed by atoms with Gasteiger partial charge in [0.25, 0.3) is 0 Å². The molecule has 0 saturated carbocycles. The predicted octanol–water partition coefficient (Wildman–Crippen LogP) is 3.32. The molecule has 0 bridgehead atoms. The highest BCUT2D eigenvalue weighted by atomic mass is 32.2. The maximum absolute atomic E-state index is 11.5. The molecule has 24 heavy (non-hydrogen) atoms. The SMILES string of the molecule is Cc1ccc(CNC(C)c2ccc(S(C)(=O)=O)cc2)c(N(C)C)c1. The molecule has 4 nitrogen and oxygen atoms in total. The largest absolute Gasteiger partial charge is 0.377 e. The Hall–Kier alpha value is -1.85. The molecule has 1 N–H and O–H groups in total. The van der Waals surface area contributed by atoms with E-state index >= 15 is 0 Å². The van der Waals surface area contributed by atoms with Crippen LogP contribution in [-0.4, -0.2) is 28.8 Å². The van der Waals surface area contributed by atoms with E-state index < -0.39 is 9.84 Å². The molecule has 130 valence electrons. The summed E-state index contributed by atoms with van der Waals surface area (Å²) in [5, 5.41) is 3.51. The van der Waals surface area contributed by atoms with Gasteiger partial charge in [-0.25, -0.2) is 8.42 Å². The van der Waals surface area contributed by atoms with E-state index in [1.54, 1.807) is 12.1 Å². The Balaban J connectivity index is 2.10. The Kier molecular flexibility index (Phi) is 5.67. The molecule has 0 amide bonds. The van der Waals surface area contributed by atoms with Crippen LogP contribution in [0.25, 0.3) is 0 Å². The van der Waals surface area contributed by atoms with Crippen LogP contribution in [0.1, 0.15) is 29.7 Å². The number of rotatable bonds is 6. The highest BCUT2D eigenvalue weighted by Crippen LogP contribution is 2.22. The maximum atomic E-state index is 11.5. The first-order chi connectivity index (χ1) is 11.2. The summed E-state index contributed by atoms with van der Waals surface area (Å²) in [5.41, 5.74) is 4.76. The second-order valence-electron chi connectivity index (χ2n) is 6.47. The molecule has 0 heterocycles. The number of benzene rings is 2. The van der Waals surface area contributed by atoms with Crippen molar-refractivity contribution in [2.45, 2.75) is 31.3 Å². The fourth-order valence-electron chi connectivity index (χ4n) is 2.62. The molecule has 2 aromatic carbocycles. The fraction of sp³-hybridized carbons (Fsp3) is 0.368. The summed E-state index contributed by atoms with van der Waals surface area (Å²) < 4.78 is 23.1. The fourth-order valence-corrected chi connectivity index (χ4v) is 3.25. The summed E-state index contributed by atoms with van der Waals surface area (Å²) in [4.78, 5) is 2.47. The third-order valence-electron chi connectivity index (χ3n) is 4.13. The Labute approximate surface area is 145 Å². The summed E-state index contributed by atoms with van der Waals surface area (Å²) in [6.07, 6.45) is 1.23. The minimum Gasteiger partial charge on any atom is -0.377 e. The van der Waals surface area contributed by atoms with E-state index in [1.807, 2.05) is 26.2 Å². The Morgan fingerprint density at radius 3 is 2.25 bits per heavy atom. The van der Waals surface area contributed by atoms with E-state index in [1.165, 1.54) is 23.1 Å². The molecule has 0 spiro atoms. The topological polar surface area (TPSA) is 49.4 Å². The highest BCUT2D eigenvalue weighted by Gasteiger charge is 2.11. The van der Waals surface area contributed by atoms with Gasteiger partial charge in [0.2, 0.25) is 0 Å². The van der Waals surface area contributed by atoms with E-state index in [2.05, 4.69) is 42.3 Å². The van der Waals surface area contributed by atoms with Crippen molar-refractivity contribution in [3.05, 3.63) is 59.2 Å². The molecule has 0 fully saturated rings. The third-order valence-corrected chi connectivity index (χ3v) is 5.26. The van der Waals surface area contributed by atoms with Crippen molar-refractivity contribution >= 4 is 15.5 Å². The van der Waals surface area contributed by atoms with Crippen LogP contribution in [-0.2, 0) is 16.4 Å². The van der Waals surface area contributed by atoms with E-state index in [-0.39, 0.29) is 6.04 Å². The van der Waals surface area contributed by atoms with Crippen LogP contribution in [0.15, 0.2) is 47.4 Å². The van der Waals surface area contributed by atoms with Gasteiger partial charge in [0.05, 0.1) is 4.90 Å². The van der Waals surface area contributed by atoms with Crippen LogP contribution < -0.4 is 10.2 Å². The summed E-state index contributed by atoms with van der Waals surface area (Å²) in [6, 6.07) is 13.7. The van der Waals surface area contributed by atoms with Crippen LogP contribution in [0.3, 0.4) is 0 Å². The van der Waals surface area contributed by atoms with Crippen LogP contribution in [0.5, 0.6) is 0 Å². The second-order valence-corrected chi connectivity index (χ2v) is 8.49. The monoisotopic (exact) mass is 346 g/mol. The molecule has 0 radical (unpaired) electrons. The summed E-state index contributed by atoms with van der Waals surface area (Å²) in [6.45, 7) is 4.93. The van der Waals surface area contributed by atoms with Crippen molar-refractivity contribution in [1.29, 1.82) is 0 Å². The molecular formula is C19H26N2O2S. The molecular weight excluding hydrogens is 320 g/mol. The van der Waals surface area contributed by atoms with Gasteiger partial charge in [-0.2, -0.15) is 0 Å². The molecule has 5 heteroatoms. The van der Waals surface area contributed by atoms with Crippen molar-refractivity contribution < 1.29 is 8.42 Å². The quantitative estimate of drug-likeness (QED) is 0.872. The molecule has 0 aliphatic heterocycles. The number of sulfone groups is 1. The van der Waals surface area contributed by atoms with Crippen LogP contribution in [0.4, 0.5) is 5.69 Å². The smallest absolute Gasteiger partial charge is 0.175 e. The summed E-state index contributed by atoms with van der Waals surface area (Å²) in [7, 11) is 0.949. The van der Waals surface area contributed by atoms with Crippen molar-refractivity contribution in [2.24, 2.45) is 0 Å². The number of anilines is 1. The van der Waals surface area contributed by atoms with Crippen LogP contribution >= 0.6 is 0 Å². The lowest BCUT2D eigenvalue weighted by Gasteiger charge is -2.21. The number of aryl methyl sites for hydroxylation is 1. The lowest BCUT2D eigenvalue weighted by molar-refractivity contribution is 0.573. The zero-order valence-corrected chi connectivity index (χ0v) is 15.8. The van der Waals surface area contributed by atoms with Crippen molar-refractivity contribution in [3.8, 4) is 0 Å². The summed E-state index contributed by atoms with van der Waals surface area (Å²) >= 11 is 0. The average molecular weight is 346 g/mol. The van der Waals surface area contributed by atoms with Crippen molar-refractivity contribution in [3.63, 3.8) is 0 Å². The van der Waals surface area contributed by atoms with Gasteiger partial charge in [0.1, 0.15) is 0 Å². The van der Waals surface area contributed by atoms with E-state index in [4.69, 9.17) is 0 Å². The molecule has 0 aromatic heterocycles. The number of hydrogen-bond donors (Lipinski definition) is 1. The van der Waals surface area contributed by atoms with Gasteiger partial charge >= 0.3 is 0 Å². The molecule has 1 atom stereocenters. The molecule has 1 unspecified atom stereocenters. The Morgan fingerprint density at radius 1 is 1.08 bits per heavy atom. The molecule has 0 saturated heterocycles. The van der Waals surface area contributed by atoms with Gasteiger partial charge in [-0.05, 0) is 48.7 Å². The number of nitrogens with zero attached hydrogens (tertiary/aromatic N) is 1. The van der Waals surface area contributed by atoms with E-state index in [0.29, 0.717) is 4.90 Å². The van der Waals surface area contributed by atoms with Gasteiger partial charge < -0.3 is 10.2 Å². The van der Waals surface area contributed by atoms with Gasteiger partial charge in [-0.3, -0.25) is 0 Å². The van der Waals surface area contributed by atoms with Gasteiger partial charge in [0.15, 0.2) is 9.84 Å². The molecule has 0 aliphatic rings. The second kappa shape index (κ2) is 7.36. The Bertz CT molecular complexity index is 797. The average Bonchev–Trinajstić information content (AvgIpc) is 2.52. The van der Waals surface area contributed by atoms with Crippen molar-refractivity contribution in [2.75, 3.05) is 25.3 Å². The minimum absolute atomic E-state index is 0.134. The standard InChI is InChI=1S/C19H26N2O2S/c1-14-6-7-17(19(12-14)21(3)4)13-20-15(2)16-8-10-18(11-9-16)24(5,22)23/h6-12,15,20H,13H2,1-5H3. The lowest BCUT2D eigenvalue weighted by atomic mass is 10.1. The van der Waals surface area contributed by atoms with Gasteiger partial charge in [-0.1, -0.05) is 24.3 Å². The van der Waals surface area contributed by atoms with Crippen molar-refractivity contribution in [1.82, 2.24) is 5.32 Å². The number of hydrogen-bond acceptors (Lipinski definition) is 4. The van der Waals surface area contributed by atoms with E-state index in [9.17, 15) is 8.42 Å². The van der Waals surface area contributed by atoms with Crippen LogP contribution in [0.2, 0.25) is 0 Å². The normalized spacial score (nSPS) is 12.9. The zero-order valence-electron chi connectivity index (χ0n) is 15.0.